The molecule has 0 saturated heterocycles. The van der Waals surface area contributed by atoms with Crippen LogP contribution in [0.4, 0.5) is 0 Å². The largest absolute Gasteiger partial charge is 0.290 e. The average Bonchev–Trinajstić information content (AvgIpc) is 2.76. The van der Waals surface area contributed by atoms with E-state index >= 15 is 0 Å². The lowest BCUT2D eigenvalue weighted by Crippen LogP contribution is -2.37. The van der Waals surface area contributed by atoms with E-state index in [2.05, 4.69) is 105 Å². The Bertz CT molecular complexity index is 723. The molecular formula is C28H39NO. The maximum Gasteiger partial charge on any atom is 0.104 e. The molecule has 0 aliphatic heterocycles. The molecule has 0 radical (unpaired) electrons. The Balaban J connectivity index is 2.08. The minimum absolute atomic E-state index is 0.0886. The van der Waals surface area contributed by atoms with Gasteiger partial charge in [0, 0.05) is 12.6 Å². The Kier molecular flexibility index (Phi) is 11.2. The fourth-order valence-electron chi connectivity index (χ4n) is 3.77. The minimum atomic E-state index is 0.0886. The first-order chi connectivity index (χ1) is 14.6. The molecular weight excluding hydrogens is 366 g/mol. The van der Waals surface area contributed by atoms with Crippen LogP contribution < -0.4 is 0 Å². The highest BCUT2D eigenvalue weighted by molar-refractivity contribution is 5.48. The highest BCUT2D eigenvalue weighted by Gasteiger charge is 2.23. The molecule has 0 heterocycles. The van der Waals surface area contributed by atoms with Gasteiger partial charge in [-0.15, -0.1) is 6.58 Å². The van der Waals surface area contributed by atoms with Crippen LogP contribution in [0, 0.1) is 5.92 Å². The molecule has 2 unspecified atom stereocenters. The van der Waals surface area contributed by atoms with Crippen molar-refractivity contribution in [1.29, 1.82) is 0 Å². The second-order valence-electron chi connectivity index (χ2n) is 8.36. The van der Waals surface area contributed by atoms with Crippen LogP contribution in [0.1, 0.15) is 70.1 Å². The Hall–Kier alpha value is -2.16. The number of nitrogens with zero attached hydrogens (tertiary/aromatic N) is 1. The van der Waals surface area contributed by atoms with Gasteiger partial charge >= 0.3 is 0 Å². The van der Waals surface area contributed by atoms with Gasteiger partial charge in [-0.1, -0.05) is 106 Å². The van der Waals surface area contributed by atoms with Crippen molar-refractivity contribution in [2.24, 2.45) is 5.92 Å². The molecule has 0 aliphatic rings. The fourth-order valence-corrected chi connectivity index (χ4v) is 3.77. The maximum absolute atomic E-state index is 6.63. The number of benzene rings is 2. The number of allylic oxidation sites excluding steroid dienone is 1. The summed E-state index contributed by atoms with van der Waals surface area (Å²) in [5.41, 5.74) is 2.50. The predicted octanol–water partition coefficient (Wildman–Crippen LogP) is 7.86. The van der Waals surface area contributed by atoms with Crippen LogP contribution in [0.3, 0.4) is 0 Å². The summed E-state index contributed by atoms with van der Waals surface area (Å²) < 4.78 is 0. The minimum Gasteiger partial charge on any atom is -0.290 e. The summed E-state index contributed by atoms with van der Waals surface area (Å²) in [6, 6.07) is 21.5. The van der Waals surface area contributed by atoms with Gasteiger partial charge in [0.1, 0.15) is 6.10 Å². The first kappa shape index (κ1) is 24.1. The lowest BCUT2D eigenvalue weighted by Gasteiger charge is -2.34. The van der Waals surface area contributed by atoms with E-state index in [1.807, 2.05) is 6.08 Å². The van der Waals surface area contributed by atoms with Gasteiger partial charge in [-0.2, -0.15) is 5.06 Å². The summed E-state index contributed by atoms with van der Waals surface area (Å²) in [7, 11) is 0. The summed E-state index contributed by atoms with van der Waals surface area (Å²) in [5.74, 6) is 0.616. The van der Waals surface area contributed by atoms with E-state index in [1.54, 1.807) is 0 Å². The van der Waals surface area contributed by atoms with E-state index < -0.39 is 0 Å². The number of hydrogen-bond acceptors (Lipinski definition) is 2. The zero-order valence-corrected chi connectivity index (χ0v) is 19.0. The van der Waals surface area contributed by atoms with E-state index in [9.17, 15) is 0 Å². The molecule has 162 valence electrons. The molecule has 0 N–H and O–H groups in total. The second kappa shape index (κ2) is 14.0. The van der Waals surface area contributed by atoms with Crippen molar-refractivity contribution in [1.82, 2.24) is 5.06 Å². The third-order valence-electron chi connectivity index (χ3n) is 5.22. The van der Waals surface area contributed by atoms with E-state index in [4.69, 9.17) is 4.84 Å². The summed E-state index contributed by atoms with van der Waals surface area (Å²) in [6.07, 6.45) is 11.9. The van der Waals surface area contributed by atoms with Crippen LogP contribution in [0.15, 0.2) is 79.4 Å². The Morgan fingerprint density at radius 1 is 0.967 bits per heavy atom. The molecule has 0 amide bonds. The standard InChI is InChI=1S/C28H39NO/c1-5-15-28(26-19-11-8-12-20-26)30-29(22-6-2)27(23-24(3)4)21-14-13-18-25-16-9-7-10-17-25/h6-13,16-20,24,27-28H,2,5,14-15,21-23H2,1,3-4H3/b18-13+. The fraction of sp³-hybridized carbons (Fsp3) is 0.429. The normalized spacial score (nSPS) is 13.8. The van der Waals surface area contributed by atoms with Gasteiger partial charge in [0.25, 0.3) is 0 Å². The molecule has 2 heteroatoms. The molecule has 2 aromatic carbocycles. The van der Waals surface area contributed by atoms with Gasteiger partial charge < -0.3 is 0 Å². The van der Waals surface area contributed by atoms with Crippen molar-refractivity contribution < 1.29 is 4.84 Å². The van der Waals surface area contributed by atoms with Crippen LogP contribution in [0.5, 0.6) is 0 Å². The van der Waals surface area contributed by atoms with Gasteiger partial charge in [0.2, 0.25) is 0 Å². The van der Waals surface area contributed by atoms with Crippen molar-refractivity contribution in [2.45, 2.75) is 65.0 Å². The van der Waals surface area contributed by atoms with Crippen molar-refractivity contribution in [3.8, 4) is 0 Å². The van der Waals surface area contributed by atoms with Crippen LogP contribution >= 0.6 is 0 Å². The molecule has 0 saturated carbocycles. The number of rotatable bonds is 14. The molecule has 0 spiro atoms. The molecule has 0 fully saturated rings. The van der Waals surface area contributed by atoms with Crippen LogP contribution in [-0.2, 0) is 4.84 Å². The second-order valence-corrected chi connectivity index (χ2v) is 8.36. The molecule has 2 rings (SSSR count). The average molecular weight is 406 g/mol. The molecule has 2 atom stereocenters. The number of hydroxylamine groups is 2. The van der Waals surface area contributed by atoms with E-state index in [0.717, 1.165) is 38.6 Å². The van der Waals surface area contributed by atoms with Gasteiger partial charge in [-0.05, 0) is 42.7 Å². The lowest BCUT2D eigenvalue weighted by molar-refractivity contribution is -0.223. The Morgan fingerprint density at radius 3 is 2.23 bits per heavy atom. The van der Waals surface area contributed by atoms with E-state index in [0.29, 0.717) is 12.0 Å². The van der Waals surface area contributed by atoms with Crippen molar-refractivity contribution in [2.75, 3.05) is 6.54 Å². The highest BCUT2D eigenvalue weighted by Crippen LogP contribution is 2.27. The Morgan fingerprint density at radius 2 is 1.63 bits per heavy atom. The van der Waals surface area contributed by atoms with Gasteiger partial charge in [0.05, 0.1) is 0 Å². The molecule has 0 aliphatic carbocycles. The Labute approximate surface area is 184 Å². The summed E-state index contributed by atoms with van der Waals surface area (Å²) in [5, 5.41) is 2.19. The third-order valence-corrected chi connectivity index (χ3v) is 5.22. The zero-order valence-electron chi connectivity index (χ0n) is 19.0. The summed E-state index contributed by atoms with van der Waals surface area (Å²) in [6.45, 7) is 11.5. The van der Waals surface area contributed by atoms with Crippen molar-refractivity contribution in [3.05, 3.63) is 90.5 Å². The lowest BCUT2D eigenvalue weighted by atomic mass is 9.99. The predicted molar refractivity (Wildman–Crippen MR) is 130 cm³/mol. The monoisotopic (exact) mass is 405 g/mol. The zero-order chi connectivity index (χ0) is 21.6. The summed E-state index contributed by atoms with van der Waals surface area (Å²) in [4.78, 5) is 6.63. The molecule has 2 nitrogen and oxygen atoms in total. The van der Waals surface area contributed by atoms with Gasteiger partial charge in [0.15, 0.2) is 0 Å². The van der Waals surface area contributed by atoms with E-state index in [-0.39, 0.29) is 6.10 Å². The quantitative estimate of drug-likeness (QED) is 0.234. The molecule has 0 bridgehead atoms. The SMILES string of the molecule is C=CCN(OC(CCC)c1ccccc1)C(CC/C=C/c1ccccc1)CC(C)C. The van der Waals surface area contributed by atoms with Crippen molar-refractivity contribution in [3.63, 3.8) is 0 Å². The number of hydrogen-bond donors (Lipinski definition) is 0. The van der Waals surface area contributed by atoms with Gasteiger partial charge in [-0.25, -0.2) is 0 Å². The van der Waals surface area contributed by atoms with Gasteiger partial charge in [-0.3, -0.25) is 4.84 Å². The van der Waals surface area contributed by atoms with Crippen LogP contribution in [0.25, 0.3) is 6.08 Å². The summed E-state index contributed by atoms with van der Waals surface area (Å²) >= 11 is 0. The van der Waals surface area contributed by atoms with E-state index in [1.165, 1.54) is 11.1 Å². The molecule has 2 aromatic rings. The van der Waals surface area contributed by atoms with Crippen LogP contribution in [-0.4, -0.2) is 17.6 Å². The van der Waals surface area contributed by atoms with Crippen molar-refractivity contribution >= 4 is 6.08 Å². The first-order valence-electron chi connectivity index (χ1n) is 11.4. The molecule has 30 heavy (non-hydrogen) atoms. The maximum atomic E-state index is 6.63. The van der Waals surface area contributed by atoms with Crippen LogP contribution in [0.2, 0.25) is 0 Å². The topological polar surface area (TPSA) is 12.5 Å². The smallest absolute Gasteiger partial charge is 0.104 e. The molecule has 0 aromatic heterocycles. The highest BCUT2D eigenvalue weighted by atomic mass is 16.7. The first-order valence-corrected chi connectivity index (χ1v) is 11.4. The third kappa shape index (κ3) is 8.69.